The average Bonchev–Trinajstić information content (AvgIpc) is 2.61. The number of halogens is 1. The van der Waals surface area contributed by atoms with Crippen LogP contribution in [0.25, 0.3) is 0 Å². The number of nitrogens with zero attached hydrogens (tertiary/aromatic N) is 2. The molecule has 142 valence electrons. The summed E-state index contributed by atoms with van der Waals surface area (Å²) >= 11 is 6.48. The lowest BCUT2D eigenvalue weighted by Gasteiger charge is -2.45. The number of hydrogen-bond donors (Lipinski definition) is 1. The van der Waals surface area contributed by atoms with E-state index in [1.165, 1.54) is 5.56 Å². The van der Waals surface area contributed by atoms with Crippen LogP contribution in [0, 0.1) is 0 Å². The molecular formula is C22H26ClN3O. The minimum atomic E-state index is -0.151. The predicted molar refractivity (Wildman–Crippen MR) is 113 cm³/mol. The van der Waals surface area contributed by atoms with Crippen LogP contribution in [0.1, 0.15) is 49.8 Å². The van der Waals surface area contributed by atoms with Crippen LogP contribution in [0.15, 0.2) is 47.6 Å². The molecule has 1 amide bonds. The summed E-state index contributed by atoms with van der Waals surface area (Å²) < 4.78 is 0. The smallest absolute Gasteiger partial charge is 0.244 e. The highest BCUT2D eigenvalue weighted by molar-refractivity contribution is 6.33. The highest BCUT2D eigenvalue weighted by Crippen LogP contribution is 2.44. The van der Waals surface area contributed by atoms with Gasteiger partial charge in [0.2, 0.25) is 5.91 Å². The summed E-state index contributed by atoms with van der Waals surface area (Å²) in [6.45, 7) is 6.74. The van der Waals surface area contributed by atoms with Gasteiger partial charge in [0.1, 0.15) is 0 Å². The summed E-state index contributed by atoms with van der Waals surface area (Å²) in [7, 11) is 2.11. The van der Waals surface area contributed by atoms with Crippen molar-refractivity contribution in [3.8, 4) is 0 Å². The fourth-order valence-corrected chi connectivity index (χ4v) is 3.90. The molecule has 0 spiro atoms. The molecule has 0 aliphatic carbocycles. The van der Waals surface area contributed by atoms with Crippen molar-refractivity contribution < 1.29 is 4.79 Å². The highest BCUT2D eigenvalue weighted by Gasteiger charge is 2.34. The summed E-state index contributed by atoms with van der Waals surface area (Å²) in [5, 5.41) is 4.73. The molecule has 0 aromatic heterocycles. The first-order valence-electron chi connectivity index (χ1n) is 9.21. The number of nitrogens with one attached hydrogen (secondary N) is 1. The van der Waals surface area contributed by atoms with E-state index in [9.17, 15) is 4.79 Å². The van der Waals surface area contributed by atoms with Crippen molar-refractivity contribution >= 4 is 29.4 Å². The Morgan fingerprint density at radius 2 is 2.04 bits per heavy atom. The summed E-state index contributed by atoms with van der Waals surface area (Å²) in [4.78, 5) is 14.3. The molecule has 1 N–H and O–H groups in total. The molecule has 0 fully saturated rings. The molecule has 2 aromatic carbocycles. The summed E-state index contributed by atoms with van der Waals surface area (Å²) in [5.41, 5.74) is 6.87. The van der Waals surface area contributed by atoms with Gasteiger partial charge in [-0.25, -0.2) is 5.43 Å². The van der Waals surface area contributed by atoms with Gasteiger partial charge in [0.15, 0.2) is 0 Å². The second kappa shape index (κ2) is 7.73. The number of anilines is 1. The lowest BCUT2D eigenvalue weighted by Crippen LogP contribution is -2.45. The summed E-state index contributed by atoms with van der Waals surface area (Å²) in [6, 6.07) is 13.7. The number of benzene rings is 2. The topological polar surface area (TPSA) is 44.7 Å². The van der Waals surface area contributed by atoms with Gasteiger partial charge in [-0.3, -0.25) is 4.79 Å². The van der Waals surface area contributed by atoms with Gasteiger partial charge < -0.3 is 4.90 Å². The van der Waals surface area contributed by atoms with E-state index in [2.05, 4.69) is 49.3 Å². The fourth-order valence-electron chi connectivity index (χ4n) is 3.70. The van der Waals surface area contributed by atoms with E-state index in [0.717, 1.165) is 23.2 Å². The van der Waals surface area contributed by atoms with Crippen LogP contribution in [0.5, 0.6) is 0 Å². The van der Waals surface area contributed by atoms with Crippen molar-refractivity contribution in [1.29, 1.82) is 0 Å². The number of carbonyl (C=O) groups is 1. The minimum absolute atomic E-state index is 0.0940. The number of amides is 1. The third-order valence-electron chi connectivity index (χ3n) is 5.35. The molecule has 4 nitrogen and oxygen atoms in total. The van der Waals surface area contributed by atoms with Gasteiger partial charge in [0, 0.05) is 23.8 Å². The monoisotopic (exact) mass is 383 g/mol. The van der Waals surface area contributed by atoms with Crippen molar-refractivity contribution in [3.05, 3.63) is 64.2 Å². The van der Waals surface area contributed by atoms with Crippen LogP contribution in [0.4, 0.5) is 5.69 Å². The molecule has 0 radical (unpaired) electrons. The summed E-state index contributed by atoms with van der Waals surface area (Å²) in [6.07, 6.45) is 2.99. The van der Waals surface area contributed by atoms with Gasteiger partial charge >= 0.3 is 0 Å². The van der Waals surface area contributed by atoms with E-state index in [0.29, 0.717) is 17.4 Å². The largest absolute Gasteiger partial charge is 0.369 e. The molecule has 0 bridgehead atoms. The van der Waals surface area contributed by atoms with Crippen LogP contribution in [0.3, 0.4) is 0 Å². The Labute approximate surface area is 166 Å². The third kappa shape index (κ3) is 4.33. The Morgan fingerprint density at radius 1 is 1.33 bits per heavy atom. The van der Waals surface area contributed by atoms with Crippen molar-refractivity contribution in [2.45, 2.75) is 45.1 Å². The van der Waals surface area contributed by atoms with E-state index in [-0.39, 0.29) is 11.4 Å². The second-order valence-corrected chi connectivity index (χ2v) is 8.27. The van der Waals surface area contributed by atoms with E-state index < -0.39 is 0 Å². The van der Waals surface area contributed by atoms with E-state index in [4.69, 9.17) is 11.6 Å². The maximum absolute atomic E-state index is 12.0. The maximum Gasteiger partial charge on any atom is 0.244 e. The lowest BCUT2D eigenvalue weighted by molar-refractivity contribution is -0.120. The first-order valence-corrected chi connectivity index (χ1v) is 9.59. The van der Waals surface area contributed by atoms with Crippen molar-refractivity contribution in [2.24, 2.45) is 5.10 Å². The van der Waals surface area contributed by atoms with Gasteiger partial charge in [-0.1, -0.05) is 48.9 Å². The van der Waals surface area contributed by atoms with Crippen molar-refractivity contribution in [2.75, 3.05) is 11.9 Å². The standard InChI is InChI=1S/C22H26ClN3O/c1-15-13-22(2,3)26(4)20-12-19(23)17(11-18(15)20)14-24-25-21(27)10-16-8-6-5-7-9-16/h5-9,11-12,14-15H,10,13H2,1-4H3,(H,25,27)/b24-14-/t15-/m1/s1. The Morgan fingerprint density at radius 3 is 2.74 bits per heavy atom. The Balaban J connectivity index is 1.73. The zero-order valence-electron chi connectivity index (χ0n) is 16.3. The first kappa shape index (κ1) is 19.4. The fraction of sp³-hybridized carbons (Fsp3) is 0.364. The molecule has 2 aromatic rings. The molecular weight excluding hydrogens is 358 g/mol. The molecule has 0 unspecified atom stereocenters. The normalized spacial score (nSPS) is 18.4. The molecule has 1 aliphatic rings. The number of hydrogen-bond acceptors (Lipinski definition) is 3. The van der Waals surface area contributed by atoms with Crippen LogP contribution < -0.4 is 10.3 Å². The van der Waals surface area contributed by atoms with Crippen LogP contribution >= 0.6 is 11.6 Å². The zero-order valence-corrected chi connectivity index (χ0v) is 17.0. The molecule has 0 saturated heterocycles. The first-order chi connectivity index (χ1) is 12.8. The van der Waals surface area contributed by atoms with Crippen LogP contribution in [0.2, 0.25) is 5.02 Å². The Kier molecular flexibility index (Phi) is 5.56. The minimum Gasteiger partial charge on any atom is -0.369 e. The van der Waals surface area contributed by atoms with E-state index in [1.54, 1.807) is 6.21 Å². The van der Waals surface area contributed by atoms with Crippen molar-refractivity contribution in [1.82, 2.24) is 5.43 Å². The molecule has 1 heterocycles. The quantitative estimate of drug-likeness (QED) is 0.611. The molecule has 3 rings (SSSR count). The maximum atomic E-state index is 12.0. The summed E-state index contributed by atoms with van der Waals surface area (Å²) in [5.74, 6) is 0.282. The van der Waals surface area contributed by atoms with Crippen LogP contribution in [-0.2, 0) is 11.2 Å². The van der Waals surface area contributed by atoms with Gasteiger partial charge in [0.05, 0.1) is 17.7 Å². The predicted octanol–water partition coefficient (Wildman–Crippen LogP) is 4.75. The number of hydrazone groups is 1. The van der Waals surface area contributed by atoms with Crippen LogP contribution in [-0.4, -0.2) is 24.7 Å². The zero-order chi connectivity index (χ0) is 19.6. The second-order valence-electron chi connectivity index (χ2n) is 7.86. The molecule has 27 heavy (non-hydrogen) atoms. The van der Waals surface area contributed by atoms with E-state index in [1.807, 2.05) is 36.4 Å². The van der Waals surface area contributed by atoms with Gasteiger partial charge in [0.25, 0.3) is 0 Å². The lowest BCUT2D eigenvalue weighted by atomic mass is 9.80. The third-order valence-corrected chi connectivity index (χ3v) is 5.68. The molecule has 1 aliphatic heterocycles. The average molecular weight is 384 g/mol. The van der Waals surface area contributed by atoms with Gasteiger partial charge in [-0.05, 0) is 49.4 Å². The molecule has 5 heteroatoms. The van der Waals surface area contributed by atoms with Crippen molar-refractivity contribution in [3.63, 3.8) is 0 Å². The number of carbonyl (C=O) groups excluding carboxylic acids is 1. The number of fused-ring (bicyclic) bond motifs is 1. The highest BCUT2D eigenvalue weighted by atomic mass is 35.5. The Bertz CT molecular complexity index is 861. The number of rotatable bonds is 4. The van der Waals surface area contributed by atoms with E-state index >= 15 is 0 Å². The van der Waals surface area contributed by atoms with Gasteiger partial charge in [-0.15, -0.1) is 0 Å². The van der Waals surface area contributed by atoms with Gasteiger partial charge in [-0.2, -0.15) is 5.10 Å². The molecule has 0 saturated carbocycles. The Hall–Kier alpha value is -2.33. The SMILES string of the molecule is C[C@@H]1CC(C)(C)N(C)c2cc(Cl)c(/C=N\NC(=O)Cc3ccccc3)cc21. The molecule has 1 atom stereocenters.